The SMILES string of the molecule is NCC(Nc1cc(Br)ccc1[N+](=O)[O-])C1CC1. The third-order valence-corrected chi connectivity index (χ3v) is 3.43. The van der Waals surface area contributed by atoms with Crippen LogP contribution in [0.15, 0.2) is 22.7 Å². The first-order chi connectivity index (χ1) is 8.11. The molecule has 0 aliphatic heterocycles. The Kier molecular flexibility index (Phi) is 3.63. The summed E-state index contributed by atoms with van der Waals surface area (Å²) in [7, 11) is 0. The molecule has 1 aliphatic rings. The number of halogens is 1. The smallest absolute Gasteiger partial charge is 0.292 e. The largest absolute Gasteiger partial charge is 0.375 e. The maximum Gasteiger partial charge on any atom is 0.292 e. The second kappa shape index (κ2) is 5.01. The van der Waals surface area contributed by atoms with Crippen molar-refractivity contribution in [2.24, 2.45) is 11.7 Å². The van der Waals surface area contributed by atoms with Crippen molar-refractivity contribution in [3.63, 3.8) is 0 Å². The highest BCUT2D eigenvalue weighted by molar-refractivity contribution is 9.10. The fourth-order valence-electron chi connectivity index (χ4n) is 1.85. The molecule has 0 saturated heterocycles. The van der Waals surface area contributed by atoms with E-state index in [4.69, 9.17) is 5.73 Å². The van der Waals surface area contributed by atoms with Gasteiger partial charge in [0.05, 0.1) is 4.92 Å². The summed E-state index contributed by atoms with van der Waals surface area (Å²) in [6.07, 6.45) is 2.30. The molecule has 0 aromatic heterocycles. The molecule has 0 bridgehead atoms. The fraction of sp³-hybridized carbons (Fsp3) is 0.455. The van der Waals surface area contributed by atoms with Crippen LogP contribution in [0.2, 0.25) is 0 Å². The standard InChI is InChI=1S/C11H14BrN3O2/c12-8-3-4-11(15(16)17)9(5-8)14-10(6-13)7-1-2-7/h3-5,7,10,14H,1-2,6,13H2. The predicted molar refractivity (Wildman–Crippen MR) is 70.0 cm³/mol. The lowest BCUT2D eigenvalue weighted by atomic mass is 10.1. The van der Waals surface area contributed by atoms with E-state index in [0.717, 1.165) is 17.3 Å². The van der Waals surface area contributed by atoms with Crippen LogP contribution in [0.5, 0.6) is 0 Å². The Labute approximate surface area is 108 Å². The quantitative estimate of drug-likeness (QED) is 0.646. The number of rotatable bonds is 5. The molecular formula is C11H14BrN3O2. The molecule has 2 rings (SSSR count). The molecular weight excluding hydrogens is 286 g/mol. The van der Waals surface area contributed by atoms with Gasteiger partial charge in [0, 0.05) is 23.1 Å². The summed E-state index contributed by atoms with van der Waals surface area (Å²) < 4.78 is 0.817. The van der Waals surface area contributed by atoms with Crippen LogP contribution in [0.3, 0.4) is 0 Å². The normalized spacial score (nSPS) is 16.6. The van der Waals surface area contributed by atoms with Crippen molar-refractivity contribution >= 4 is 27.3 Å². The van der Waals surface area contributed by atoms with Gasteiger partial charge in [0.1, 0.15) is 5.69 Å². The van der Waals surface area contributed by atoms with E-state index in [1.165, 1.54) is 6.07 Å². The van der Waals surface area contributed by atoms with Crippen LogP contribution in [0, 0.1) is 16.0 Å². The van der Waals surface area contributed by atoms with Gasteiger partial charge >= 0.3 is 0 Å². The van der Waals surface area contributed by atoms with Gasteiger partial charge < -0.3 is 11.1 Å². The van der Waals surface area contributed by atoms with Crippen molar-refractivity contribution in [2.75, 3.05) is 11.9 Å². The molecule has 1 aromatic carbocycles. The fourth-order valence-corrected chi connectivity index (χ4v) is 2.21. The molecule has 1 aliphatic carbocycles. The number of nitrogens with one attached hydrogen (secondary N) is 1. The lowest BCUT2D eigenvalue weighted by Gasteiger charge is -2.17. The van der Waals surface area contributed by atoms with E-state index in [1.807, 2.05) is 0 Å². The van der Waals surface area contributed by atoms with E-state index in [1.54, 1.807) is 12.1 Å². The van der Waals surface area contributed by atoms with Gasteiger partial charge in [-0.05, 0) is 30.9 Å². The van der Waals surface area contributed by atoms with Gasteiger partial charge in [-0.25, -0.2) is 0 Å². The van der Waals surface area contributed by atoms with Crippen molar-refractivity contribution in [3.05, 3.63) is 32.8 Å². The molecule has 1 atom stereocenters. The zero-order valence-corrected chi connectivity index (χ0v) is 10.8. The predicted octanol–water partition coefficient (Wildman–Crippen LogP) is 2.51. The minimum atomic E-state index is -0.380. The average molecular weight is 300 g/mol. The van der Waals surface area contributed by atoms with Gasteiger partial charge in [-0.1, -0.05) is 15.9 Å². The summed E-state index contributed by atoms with van der Waals surface area (Å²) in [5.74, 6) is 0.554. The van der Waals surface area contributed by atoms with Crippen molar-refractivity contribution < 1.29 is 4.92 Å². The van der Waals surface area contributed by atoms with E-state index in [0.29, 0.717) is 18.2 Å². The number of nitrogens with two attached hydrogens (primary N) is 1. The van der Waals surface area contributed by atoms with Gasteiger partial charge in [0.25, 0.3) is 5.69 Å². The molecule has 3 N–H and O–H groups in total. The number of nitro groups is 1. The zero-order chi connectivity index (χ0) is 12.4. The van der Waals surface area contributed by atoms with E-state index in [-0.39, 0.29) is 16.7 Å². The van der Waals surface area contributed by atoms with Crippen LogP contribution in [0.1, 0.15) is 12.8 Å². The average Bonchev–Trinajstić information content (AvgIpc) is 3.09. The van der Waals surface area contributed by atoms with Crippen LogP contribution in [-0.4, -0.2) is 17.5 Å². The highest BCUT2D eigenvalue weighted by Crippen LogP contribution is 2.36. The monoisotopic (exact) mass is 299 g/mol. The highest BCUT2D eigenvalue weighted by atomic mass is 79.9. The molecule has 1 fully saturated rings. The third kappa shape index (κ3) is 2.95. The Morgan fingerprint density at radius 3 is 2.82 bits per heavy atom. The number of anilines is 1. The molecule has 92 valence electrons. The van der Waals surface area contributed by atoms with Crippen LogP contribution >= 0.6 is 15.9 Å². The molecule has 5 nitrogen and oxygen atoms in total. The van der Waals surface area contributed by atoms with E-state index < -0.39 is 0 Å². The van der Waals surface area contributed by atoms with Crippen LogP contribution in [0.4, 0.5) is 11.4 Å². The molecule has 1 saturated carbocycles. The second-order valence-electron chi connectivity index (χ2n) is 4.24. The minimum Gasteiger partial charge on any atom is -0.375 e. The number of nitrogens with zero attached hydrogens (tertiary/aromatic N) is 1. The summed E-state index contributed by atoms with van der Waals surface area (Å²) in [5, 5.41) is 14.1. The Morgan fingerprint density at radius 2 is 2.29 bits per heavy atom. The Bertz CT molecular complexity index is 435. The van der Waals surface area contributed by atoms with Gasteiger partial charge in [0.15, 0.2) is 0 Å². The Morgan fingerprint density at radius 1 is 1.59 bits per heavy atom. The maximum atomic E-state index is 10.9. The molecule has 0 radical (unpaired) electrons. The summed E-state index contributed by atoms with van der Waals surface area (Å²) in [5.41, 5.74) is 6.31. The molecule has 6 heteroatoms. The molecule has 0 heterocycles. The topological polar surface area (TPSA) is 81.2 Å². The molecule has 17 heavy (non-hydrogen) atoms. The molecule has 0 amide bonds. The summed E-state index contributed by atoms with van der Waals surface area (Å²) in [6, 6.07) is 5.01. The first-order valence-electron chi connectivity index (χ1n) is 5.52. The molecule has 1 unspecified atom stereocenters. The molecule has 0 spiro atoms. The van der Waals surface area contributed by atoms with E-state index >= 15 is 0 Å². The number of benzene rings is 1. The van der Waals surface area contributed by atoms with Crippen molar-refractivity contribution in [3.8, 4) is 0 Å². The lowest BCUT2D eigenvalue weighted by molar-refractivity contribution is -0.384. The summed E-state index contributed by atoms with van der Waals surface area (Å²) in [6.45, 7) is 0.494. The number of hydrogen-bond acceptors (Lipinski definition) is 4. The van der Waals surface area contributed by atoms with E-state index in [2.05, 4.69) is 21.2 Å². The summed E-state index contributed by atoms with van der Waals surface area (Å²) in [4.78, 5) is 10.5. The second-order valence-corrected chi connectivity index (χ2v) is 5.16. The number of hydrogen-bond donors (Lipinski definition) is 2. The van der Waals surface area contributed by atoms with Crippen LogP contribution in [-0.2, 0) is 0 Å². The van der Waals surface area contributed by atoms with Crippen LogP contribution in [0.25, 0.3) is 0 Å². The highest BCUT2D eigenvalue weighted by Gasteiger charge is 2.31. The minimum absolute atomic E-state index is 0.0901. The zero-order valence-electron chi connectivity index (χ0n) is 9.23. The lowest BCUT2D eigenvalue weighted by Crippen LogP contribution is -2.31. The summed E-state index contributed by atoms with van der Waals surface area (Å²) >= 11 is 3.32. The van der Waals surface area contributed by atoms with Gasteiger partial charge in [0.2, 0.25) is 0 Å². The maximum absolute atomic E-state index is 10.9. The van der Waals surface area contributed by atoms with Gasteiger partial charge in [-0.3, -0.25) is 10.1 Å². The van der Waals surface area contributed by atoms with Crippen LogP contribution < -0.4 is 11.1 Å². The van der Waals surface area contributed by atoms with Gasteiger partial charge in [-0.2, -0.15) is 0 Å². The van der Waals surface area contributed by atoms with Crippen molar-refractivity contribution in [1.29, 1.82) is 0 Å². The van der Waals surface area contributed by atoms with Gasteiger partial charge in [-0.15, -0.1) is 0 Å². The number of nitro benzene ring substituents is 1. The van der Waals surface area contributed by atoms with Crippen molar-refractivity contribution in [2.45, 2.75) is 18.9 Å². The van der Waals surface area contributed by atoms with Crippen molar-refractivity contribution in [1.82, 2.24) is 0 Å². The Balaban J connectivity index is 2.22. The first kappa shape index (κ1) is 12.3. The Hall–Kier alpha value is -1.14. The van der Waals surface area contributed by atoms with E-state index in [9.17, 15) is 10.1 Å². The molecule has 1 aromatic rings. The third-order valence-electron chi connectivity index (χ3n) is 2.94. The first-order valence-corrected chi connectivity index (χ1v) is 6.31.